The van der Waals surface area contributed by atoms with Gasteiger partial charge in [-0.2, -0.15) is 0 Å². The molecule has 0 bridgehead atoms. The highest BCUT2D eigenvalue weighted by Gasteiger charge is 2.38. The lowest BCUT2D eigenvalue weighted by molar-refractivity contribution is -0.131. The van der Waals surface area contributed by atoms with E-state index >= 15 is 0 Å². The minimum absolute atomic E-state index is 0.0213. The van der Waals surface area contributed by atoms with Gasteiger partial charge in [-0.3, -0.25) is 4.79 Å². The zero-order valence-corrected chi connectivity index (χ0v) is 13.4. The summed E-state index contributed by atoms with van der Waals surface area (Å²) >= 11 is 0. The van der Waals surface area contributed by atoms with E-state index in [0.29, 0.717) is 26.1 Å². The van der Waals surface area contributed by atoms with Crippen molar-refractivity contribution in [1.29, 1.82) is 0 Å². The molecule has 0 spiro atoms. The summed E-state index contributed by atoms with van der Waals surface area (Å²) < 4.78 is 11.0. The maximum absolute atomic E-state index is 12.0. The van der Waals surface area contributed by atoms with Crippen LogP contribution >= 0.6 is 0 Å². The van der Waals surface area contributed by atoms with Gasteiger partial charge in [-0.15, -0.1) is 6.58 Å². The Morgan fingerprint density at radius 3 is 2.67 bits per heavy atom. The number of rotatable bonds is 5. The predicted molar refractivity (Wildman–Crippen MR) is 80.0 cm³/mol. The van der Waals surface area contributed by atoms with E-state index in [-0.39, 0.29) is 18.6 Å². The summed E-state index contributed by atoms with van der Waals surface area (Å²) in [7, 11) is 0. The van der Waals surface area contributed by atoms with Gasteiger partial charge in [0.1, 0.15) is 12.2 Å². The molecule has 1 atom stereocenters. The molecule has 1 rings (SSSR count). The summed E-state index contributed by atoms with van der Waals surface area (Å²) in [4.78, 5) is 25.1. The summed E-state index contributed by atoms with van der Waals surface area (Å²) in [5.74, 6) is -0.188. The smallest absolute Gasteiger partial charge is 0.410 e. The fourth-order valence-electron chi connectivity index (χ4n) is 2.01. The van der Waals surface area contributed by atoms with Gasteiger partial charge in [-0.1, -0.05) is 6.08 Å². The van der Waals surface area contributed by atoms with E-state index in [1.807, 2.05) is 27.7 Å². The number of hydrogen-bond acceptors (Lipinski definition) is 4. The molecule has 1 aliphatic rings. The Morgan fingerprint density at radius 2 is 2.10 bits per heavy atom. The maximum atomic E-state index is 12.0. The van der Waals surface area contributed by atoms with Crippen molar-refractivity contribution in [2.24, 2.45) is 0 Å². The first-order valence-corrected chi connectivity index (χ1v) is 7.15. The normalized spacial score (nSPS) is 22.0. The van der Waals surface area contributed by atoms with Crippen molar-refractivity contribution in [2.75, 3.05) is 26.2 Å². The molecule has 0 aromatic heterocycles. The van der Waals surface area contributed by atoms with E-state index < -0.39 is 11.2 Å². The molecule has 21 heavy (non-hydrogen) atoms. The van der Waals surface area contributed by atoms with Crippen LogP contribution in [0.2, 0.25) is 0 Å². The van der Waals surface area contributed by atoms with Crippen molar-refractivity contribution in [2.45, 2.75) is 45.3 Å². The molecule has 0 aliphatic carbocycles. The van der Waals surface area contributed by atoms with Gasteiger partial charge in [-0.05, 0) is 34.1 Å². The minimum atomic E-state index is -0.512. The molecule has 120 valence electrons. The van der Waals surface area contributed by atoms with Crippen LogP contribution in [0.25, 0.3) is 0 Å². The van der Waals surface area contributed by atoms with Crippen LogP contribution in [-0.2, 0) is 14.3 Å². The quantitative estimate of drug-likeness (QED) is 0.785. The summed E-state index contributed by atoms with van der Waals surface area (Å²) in [5, 5.41) is 2.65. The molecule has 6 heteroatoms. The molecule has 6 nitrogen and oxygen atoms in total. The highest BCUT2D eigenvalue weighted by Crippen LogP contribution is 2.26. The first-order chi connectivity index (χ1) is 9.65. The Kier molecular flexibility index (Phi) is 5.78. The van der Waals surface area contributed by atoms with Crippen LogP contribution in [0.4, 0.5) is 4.79 Å². The number of carbonyl (C=O) groups excluding carboxylic acids is 2. The van der Waals surface area contributed by atoms with Crippen LogP contribution in [0.5, 0.6) is 0 Å². The van der Waals surface area contributed by atoms with Gasteiger partial charge in [0.15, 0.2) is 0 Å². The van der Waals surface area contributed by atoms with Crippen molar-refractivity contribution in [1.82, 2.24) is 10.2 Å². The number of carbonyl (C=O) groups is 2. The van der Waals surface area contributed by atoms with Gasteiger partial charge in [0.05, 0.1) is 12.1 Å². The number of amides is 2. The molecule has 0 saturated carbocycles. The summed E-state index contributed by atoms with van der Waals surface area (Å²) in [6.07, 6.45) is 1.95. The van der Waals surface area contributed by atoms with E-state index in [4.69, 9.17) is 9.47 Å². The maximum Gasteiger partial charge on any atom is 0.410 e. The number of likely N-dealkylation sites (tertiary alicyclic amines) is 1. The van der Waals surface area contributed by atoms with E-state index in [9.17, 15) is 9.59 Å². The van der Waals surface area contributed by atoms with E-state index in [1.165, 1.54) is 0 Å². The highest BCUT2D eigenvalue weighted by molar-refractivity contribution is 5.77. The van der Waals surface area contributed by atoms with E-state index in [1.54, 1.807) is 11.0 Å². The van der Waals surface area contributed by atoms with Gasteiger partial charge in [0.2, 0.25) is 5.91 Å². The molecule has 0 radical (unpaired) electrons. The average Bonchev–Trinajstić information content (AvgIpc) is 2.75. The highest BCUT2D eigenvalue weighted by atomic mass is 16.6. The molecule has 2 amide bonds. The van der Waals surface area contributed by atoms with Crippen LogP contribution in [-0.4, -0.2) is 54.3 Å². The summed E-state index contributed by atoms with van der Waals surface area (Å²) in [5.41, 5.74) is -1.02. The molecule has 1 N–H and O–H groups in total. The van der Waals surface area contributed by atoms with Crippen molar-refractivity contribution in [3.63, 3.8) is 0 Å². The van der Waals surface area contributed by atoms with Crippen molar-refractivity contribution >= 4 is 12.0 Å². The largest absolute Gasteiger partial charge is 0.444 e. The molecule has 1 unspecified atom stereocenters. The van der Waals surface area contributed by atoms with Gasteiger partial charge in [-0.25, -0.2) is 4.79 Å². The number of ether oxygens (including phenoxy) is 2. The Balaban J connectivity index is 2.42. The van der Waals surface area contributed by atoms with Gasteiger partial charge >= 0.3 is 6.09 Å². The molecule has 1 aliphatic heterocycles. The molecule has 1 saturated heterocycles. The van der Waals surface area contributed by atoms with Crippen LogP contribution < -0.4 is 5.32 Å². The third kappa shape index (κ3) is 6.16. The molecule has 1 heterocycles. The molecular weight excluding hydrogens is 272 g/mol. The Morgan fingerprint density at radius 1 is 1.43 bits per heavy atom. The second-order valence-electron chi connectivity index (χ2n) is 6.48. The third-order valence-electron chi connectivity index (χ3n) is 3.08. The fraction of sp³-hybridized carbons (Fsp3) is 0.733. The number of nitrogens with zero attached hydrogens (tertiary/aromatic N) is 1. The predicted octanol–water partition coefficient (Wildman–Crippen LogP) is 1.70. The standard InChI is InChI=1S/C15H26N2O4/c1-6-8-16-12(18)10-20-15(5)7-9-17(11-15)13(19)21-14(2,3)4/h6H,1,7-11H2,2-5H3,(H,16,18). The van der Waals surface area contributed by atoms with Crippen molar-refractivity contribution in [3.05, 3.63) is 12.7 Å². The zero-order valence-electron chi connectivity index (χ0n) is 13.4. The van der Waals surface area contributed by atoms with Crippen LogP contribution in [0.3, 0.4) is 0 Å². The van der Waals surface area contributed by atoms with Crippen LogP contribution in [0.1, 0.15) is 34.1 Å². The second kappa shape index (κ2) is 6.93. The third-order valence-corrected chi connectivity index (χ3v) is 3.08. The van der Waals surface area contributed by atoms with Crippen molar-refractivity contribution in [3.8, 4) is 0 Å². The molecule has 0 aromatic carbocycles. The lowest BCUT2D eigenvalue weighted by atomic mass is 10.1. The SMILES string of the molecule is C=CCNC(=O)COC1(C)CCN(C(=O)OC(C)(C)C)C1. The second-order valence-corrected chi connectivity index (χ2v) is 6.48. The molecule has 0 aromatic rings. The first kappa shape index (κ1) is 17.5. The summed E-state index contributed by atoms with van der Waals surface area (Å²) in [6, 6.07) is 0. The van der Waals surface area contributed by atoms with E-state index in [0.717, 1.165) is 0 Å². The molecular formula is C15H26N2O4. The van der Waals surface area contributed by atoms with Gasteiger partial charge in [0.25, 0.3) is 0 Å². The van der Waals surface area contributed by atoms with Crippen LogP contribution in [0, 0.1) is 0 Å². The average molecular weight is 298 g/mol. The summed E-state index contributed by atoms with van der Waals surface area (Å²) in [6.45, 7) is 12.3. The monoisotopic (exact) mass is 298 g/mol. The Labute approximate surface area is 126 Å². The fourth-order valence-corrected chi connectivity index (χ4v) is 2.01. The zero-order chi connectivity index (χ0) is 16.1. The lowest BCUT2D eigenvalue weighted by Gasteiger charge is -2.27. The Hall–Kier alpha value is -1.56. The van der Waals surface area contributed by atoms with Gasteiger partial charge in [0, 0.05) is 13.1 Å². The van der Waals surface area contributed by atoms with Crippen LogP contribution in [0.15, 0.2) is 12.7 Å². The lowest BCUT2D eigenvalue weighted by Crippen LogP contribution is -2.40. The van der Waals surface area contributed by atoms with E-state index in [2.05, 4.69) is 11.9 Å². The minimum Gasteiger partial charge on any atom is -0.444 e. The first-order valence-electron chi connectivity index (χ1n) is 7.15. The number of nitrogens with one attached hydrogen (secondary N) is 1. The molecule has 1 fully saturated rings. The van der Waals surface area contributed by atoms with Gasteiger partial charge < -0.3 is 19.7 Å². The number of hydrogen-bond donors (Lipinski definition) is 1. The topological polar surface area (TPSA) is 67.9 Å². The Bertz CT molecular complexity index is 403. The van der Waals surface area contributed by atoms with Crippen molar-refractivity contribution < 1.29 is 19.1 Å².